The lowest BCUT2D eigenvalue weighted by Gasteiger charge is -2.09. The molecule has 0 atom stereocenters. The average Bonchev–Trinajstić information content (AvgIpc) is 2.09. The third kappa shape index (κ3) is 2.33. The summed E-state index contributed by atoms with van der Waals surface area (Å²) in [5, 5.41) is 0. The molecule has 66 valence electrons. The normalized spacial score (nSPS) is 18.8. The van der Waals surface area contributed by atoms with E-state index >= 15 is 0 Å². The molecular weight excluding hydrogens is 146 g/mol. The largest absolute Gasteiger partial charge is 0.262 e. The van der Waals surface area contributed by atoms with E-state index in [1.807, 2.05) is 0 Å². The Morgan fingerprint density at radius 1 is 1.58 bits per heavy atom. The fourth-order valence-electron chi connectivity index (χ4n) is 1.23. The molecular formula is C11H17N. The van der Waals surface area contributed by atoms with E-state index < -0.39 is 0 Å². The number of rotatable bonds is 2. The second-order valence-electron chi connectivity index (χ2n) is 3.27. The van der Waals surface area contributed by atoms with E-state index in [2.05, 4.69) is 37.9 Å². The highest BCUT2D eigenvalue weighted by molar-refractivity contribution is 5.82. The lowest BCUT2D eigenvalue weighted by Crippen LogP contribution is -1.94. The van der Waals surface area contributed by atoms with E-state index in [1.165, 1.54) is 17.0 Å². The van der Waals surface area contributed by atoms with Crippen molar-refractivity contribution in [2.45, 2.75) is 40.0 Å². The Bertz CT molecular complexity index is 244. The van der Waals surface area contributed by atoms with Gasteiger partial charge in [0.25, 0.3) is 0 Å². The van der Waals surface area contributed by atoms with Crippen LogP contribution in [0.4, 0.5) is 0 Å². The number of aliphatic imine (C=N–C) groups is 1. The number of hydrogen-bond acceptors (Lipinski definition) is 1. The van der Waals surface area contributed by atoms with Crippen molar-refractivity contribution in [3.8, 4) is 0 Å². The number of allylic oxidation sites excluding steroid dienone is 4. The van der Waals surface area contributed by atoms with E-state index in [0.29, 0.717) is 0 Å². The van der Waals surface area contributed by atoms with Crippen LogP contribution in [0.2, 0.25) is 0 Å². The Hall–Kier alpha value is -0.850. The minimum absolute atomic E-state index is 1.06. The van der Waals surface area contributed by atoms with Gasteiger partial charge >= 0.3 is 0 Å². The number of hydrogen-bond donors (Lipinski definition) is 0. The molecule has 0 unspecified atom stereocenters. The van der Waals surface area contributed by atoms with Crippen molar-refractivity contribution in [2.75, 3.05) is 0 Å². The Labute approximate surface area is 74.9 Å². The fraction of sp³-hybridized carbons (Fsp3) is 0.545. The molecule has 0 spiro atoms. The second kappa shape index (κ2) is 4.24. The standard InChI is InChI=1S/C11H17N/c1-4-10(3)12-11-8-6-5-7-9(11)2/h5,7H,4,6,8H2,1-3H3. The topological polar surface area (TPSA) is 12.4 Å². The first-order valence-corrected chi connectivity index (χ1v) is 4.64. The highest BCUT2D eigenvalue weighted by Gasteiger charge is 2.02. The maximum absolute atomic E-state index is 4.58. The minimum Gasteiger partial charge on any atom is -0.262 e. The summed E-state index contributed by atoms with van der Waals surface area (Å²) in [5.41, 5.74) is 3.84. The third-order valence-electron chi connectivity index (χ3n) is 2.21. The maximum Gasteiger partial charge on any atom is 0.0434 e. The van der Waals surface area contributed by atoms with Gasteiger partial charge in [-0.3, -0.25) is 4.99 Å². The summed E-state index contributed by atoms with van der Waals surface area (Å²) in [6.45, 7) is 6.38. The van der Waals surface area contributed by atoms with Gasteiger partial charge in [0.1, 0.15) is 0 Å². The zero-order chi connectivity index (χ0) is 8.97. The lowest BCUT2D eigenvalue weighted by atomic mass is 10.1. The van der Waals surface area contributed by atoms with Crippen LogP contribution in [0.15, 0.2) is 28.4 Å². The van der Waals surface area contributed by atoms with Crippen LogP contribution < -0.4 is 0 Å². The first-order valence-electron chi connectivity index (χ1n) is 4.64. The van der Waals surface area contributed by atoms with E-state index in [4.69, 9.17) is 0 Å². The van der Waals surface area contributed by atoms with Crippen molar-refractivity contribution in [2.24, 2.45) is 4.99 Å². The molecule has 12 heavy (non-hydrogen) atoms. The van der Waals surface area contributed by atoms with Crippen molar-refractivity contribution in [1.29, 1.82) is 0 Å². The van der Waals surface area contributed by atoms with Gasteiger partial charge in [0.15, 0.2) is 0 Å². The summed E-state index contributed by atoms with van der Waals surface area (Å²) in [7, 11) is 0. The zero-order valence-electron chi connectivity index (χ0n) is 8.22. The van der Waals surface area contributed by atoms with Crippen LogP contribution in [0.3, 0.4) is 0 Å². The molecule has 1 rings (SSSR count). The minimum atomic E-state index is 1.06. The predicted molar refractivity (Wildman–Crippen MR) is 54.5 cm³/mol. The van der Waals surface area contributed by atoms with Gasteiger partial charge in [-0.2, -0.15) is 0 Å². The Kier molecular flexibility index (Phi) is 3.27. The average molecular weight is 163 g/mol. The van der Waals surface area contributed by atoms with Crippen LogP contribution in [0, 0.1) is 0 Å². The second-order valence-corrected chi connectivity index (χ2v) is 3.27. The summed E-state index contributed by atoms with van der Waals surface area (Å²) in [6.07, 6.45) is 7.70. The molecule has 0 aromatic heterocycles. The molecule has 0 amide bonds. The zero-order valence-corrected chi connectivity index (χ0v) is 8.22. The van der Waals surface area contributed by atoms with Crippen LogP contribution in [0.25, 0.3) is 0 Å². The van der Waals surface area contributed by atoms with Gasteiger partial charge in [-0.25, -0.2) is 0 Å². The smallest absolute Gasteiger partial charge is 0.0434 e. The van der Waals surface area contributed by atoms with Crippen LogP contribution in [-0.4, -0.2) is 5.71 Å². The van der Waals surface area contributed by atoms with Crippen molar-refractivity contribution in [1.82, 2.24) is 0 Å². The molecule has 0 radical (unpaired) electrons. The molecule has 1 nitrogen and oxygen atoms in total. The maximum atomic E-state index is 4.58. The van der Waals surface area contributed by atoms with E-state index in [9.17, 15) is 0 Å². The van der Waals surface area contributed by atoms with Crippen molar-refractivity contribution in [3.63, 3.8) is 0 Å². The van der Waals surface area contributed by atoms with Crippen molar-refractivity contribution < 1.29 is 0 Å². The summed E-state index contributed by atoms with van der Waals surface area (Å²) < 4.78 is 0. The summed E-state index contributed by atoms with van der Waals surface area (Å²) >= 11 is 0. The van der Waals surface area contributed by atoms with E-state index in [-0.39, 0.29) is 0 Å². The van der Waals surface area contributed by atoms with Crippen LogP contribution in [-0.2, 0) is 0 Å². The molecule has 1 aliphatic carbocycles. The van der Waals surface area contributed by atoms with Gasteiger partial charge in [-0.05, 0) is 38.7 Å². The molecule has 0 N–H and O–H groups in total. The van der Waals surface area contributed by atoms with E-state index in [0.717, 1.165) is 19.3 Å². The first-order chi connectivity index (χ1) is 5.74. The number of nitrogens with zero attached hydrogens (tertiary/aromatic N) is 1. The molecule has 1 heteroatoms. The molecule has 0 bridgehead atoms. The first kappa shape index (κ1) is 9.24. The third-order valence-corrected chi connectivity index (χ3v) is 2.21. The lowest BCUT2D eigenvalue weighted by molar-refractivity contribution is 0.918. The van der Waals surface area contributed by atoms with Gasteiger partial charge in [-0.1, -0.05) is 19.1 Å². The van der Waals surface area contributed by atoms with Gasteiger partial charge in [0.2, 0.25) is 0 Å². The van der Waals surface area contributed by atoms with Gasteiger partial charge in [0.05, 0.1) is 0 Å². The summed E-state index contributed by atoms with van der Waals surface area (Å²) in [5.74, 6) is 0. The summed E-state index contributed by atoms with van der Waals surface area (Å²) in [6, 6.07) is 0. The van der Waals surface area contributed by atoms with Crippen LogP contribution in [0.1, 0.15) is 40.0 Å². The molecule has 0 aliphatic heterocycles. The monoisotopic (exact) mass is 163 g/mol. The Balaban J connectivity index is 2.80. The SMILES string of the molecule is CCC(C)=NC1=C(C)C=CCC1. The quantitative estimate of drug-likeness (QED) is 0.553. The summed E-state index contributed by atoms with van der Waals surface area (Å²) in [4.78, 5) is 4.58. The Morgan fingerprint density at radius 2 is 2.33 bits per heavy atom. The molecule has 0 saturated heterocycles. The Morgan fingerprint density at radius 3 is 2.92 bits per heavy atom. The van der Waals surface area contributed by atoms with Crippen molar-refractivity contribution in [3.05, 3.63) is 23.4 Å². The van der Waals surface area contributed by atoms with Gasteiger partial charge < -0.3 is 0 Å². The predicted octanol–water partition coefficient (Wildman–Crippen LogP) is 3.48. The van der Waals surface area contributed by atoms with E-state index in [1.54, 1.807) is 0 Å². The fourth-order valence-corrected chi connectivity index (χ4v) is 1.23. The van der Waals surface area contributed by atoms with Crippen LogP contribution >= 0.6 is 0 Å². The molecule has 0 aromatic rings. The molecule has 0 aromatic carbocycles. The molecule has 0 fully saturated rings. The van der Waals surface area contributed by atoms with Crippen LogP contribution in [0.5, 0.6) is 0 Å². The van der Waals surface area contributed by atoms with Crippen molar-refractivity contribution >= 4 is 5.71 Å². The van der Waals surface area contributed by atoms with Gasteiger partial charge in [-0.15, -0.1) is 0 Å². The molecule has 0 heterocycles. The molecule has 0 saturated carbocycles. The molecule has 1 aliphatic rings. The van der Waals surface area contributed by atoms with Gasteiger partial charge in [0, 0.05) is 11.4 Å². The highest BCUT2D eigenvalue weighted by Crippen LogP contribution is 2.19. The highest BCUT2D eigenvalue weighted by atomic mass is 14.8.